The number of ether oxygens (including phenoxy) is 2. The zero-order valence-corrected chi connectivity index (χ0v) is 16.7. The van der Waals surface area contributed by atoms with E-state index in [9.17, 15) is 13.2 Å². The molecule has 0 aromatic heterocycles. The Labute approximate surface area is 160 Å². The summed E-state index contributed by atoms with van der Waals surface area (Å²) < 4.78 is 37.8. The van der Waals surface area contributed by atoms with Crippen LogP contribution in [0.2, 0.25) is 0 Å². The van der Waals surface area contributed by atoms with Gasteiger partial charge in [-0.2, -0.15) is 0 Å². The van der Waals surface area contributed by atoms with Crippen molar-refractivity contribution in [3.05, 3.63) is 48.0 Å². The molecular formula is C19H24N2O5S. The van der Waals surface area contributed by atoms with Gasteiger partial charge in [0.2, 0.25) is 15.9 Å². The molecule has 2 rings (SSSR count). The maximum Gasteiger partial charge on any atom is 0.240 e. The zero-order valence-electron chi connectivity index (χ0n) is 15.9. The van der Waals surface area contributed by atoms with Crippen LogP contribution in [0, 0.1) is 6.92 Å². The first kappa shape index (κ1) is 20.7. The summed E-state index contributed by atoms with van der Waals surface area (Å²) in [5.41, 5.74) is 1.40. The molecule has 0 atom stereocenters. The fourth-order valence-corrected chi connectivity index (χ4v) is 3.73. The van der Waals surface area contributed by atoms with E-state index in [1.165, 1.54) is 25.0 Å². The van der Waals surface area contributed by atoms with E-state index in [2.05, 4.69) is 4.72 Å². The molecule has 146 valence electrons. The molecule has 0 unspecified atom stereocenters. The Morgan fingerprint density at radius 3 is 2.26 bits per heavy atom. The summed E-state index contributed by atoms with van der Waals surface area (Å²) in [5.74, 6) is 1.12. The second kappa shape index (κ2) is 8.88. The number of nitrogens with one attached hydrogen (secondary N) is 1. The Balaban J connectivity index is 2.07. The SMILES string of the molecule is COc1ccc(N(CCNS(=O)(=O)c2ccc(OC)c(C)c2)C(C)=O)cc1. The van der Waals surface area contributed by atoms with E-state index in [1.807, 2.05) is 0 Å². The van der Waals surface area contributed by atoms with Crippen molar-refractivity contribution in [2.24, 2.45) is 0 Å². The van der Waals surface area contributed by atoms with E-state index in [1.54, 1.807) is 50.4 Å². The van der Waals surface area contributed by atoms with Crippen molar-refractivity contribution in [2.75, 3.05) is 32.2 Å². The average molecular weight is 392 g/mol. The van der Waals surface area contributed by atoms with Gasteiger partial charge in [0.25, 0.3) is 0 Å². The first-order valence-electron chi connectivity index (χ1n) is 8.35. The second-order valence-electron chi connectivity index (χ2n) is 5.90. The minimum Gasteiger partial charge on any atom is -0.497 e. The number of methoxy groups -OCH3 is 2. The third-order valence-corrected chi connectivity index (χ3v) is 5.53. The summed E-state index contributed by atoms with van der Waals surface area (Å²) in [7, 11) is -0.591. The molecule has 1 N–H and O–H groups in total. The first-order chi connectivity index (χ1) is 12.8. The number of sulfonamides is 1. The van der Waals surface area contributed by atoms with Gasteiger partial charge < -0.3 is 14.4 Å². The molecular weight excluding hydrogens is 368 g/mol. The molecule has 0 saturated carbocycles. The van der Waals surface area contributed by atoms with Crippen LogP contribution in [0.15, 0.2) is 47.4 Å². The van der Waals surface area contributed by atoms with Crippen LogP contribution >= 0.6 is 0 Å². The van der Waals surface area contributed by atoms with Crippen molar-refractivity contribution in [1.29, 1.82) is 0 Å². The predicted octanol–water partition coefficient (Wildman–Crippen LogP) is 2.34. The van der Waals surface area contributed by atoms with E-state index in [0.717, 1.165) is 5.56 Å². The molecule has 1 amide bonds. The molecule has 2 aromatic rings. The van der Waals surface area contributed by atoms with E-state index >= 15 is 0 Å². The Morgan fingerprint density at radius 2 is 1.74 bits per heavy atom. The summed E-state index contributed by atoms with van der Waals surface area (Å²) in [4.78, 5) is 13.6. The van der Waals surface area contributed by atoms with Gasteiger partial charge in [0.05, 0.1) is 19.1 Å². The predicted molar refractivity (Wildman–Crippen MR) is 104 cm³/mol. The molecule has 0 heterocycles. The number of hydrogen-bond acceptors (Lipinski definition) is 5. The maximum atomic E-state index is 12.5. The number of aryl methyl sites for hydroxylation is 1. The first-order valence-corrected chi connectivity index (χ1v) is 9.83. The van der Waals surface area contributed by atoms with Gasteiger partial charge in [-0.15, -0.1) is 0 Å². The van der Waals surface area contributed by atoms with Gasteiger partial charge in [-0.3, -0.25) is 4.79 Å². The van der Waals surface area contributed by atoms with Crippen molar-refractivity contribution < 1.29 is 22.7 Å². The molecule has 2 aromatic carbocycles. The molecule has 0 radical (unpaired) electrons. The Bertz CT molecular complexity index is 895. The molecule has 7 nitrogen and oxygen atoms in total. The molecule has 0 spiro atoms. The average Bonchev–Trinajstić information content (AvgIpc) is 2.65. The number of carbonyl (C=O) groups is 1. The standard InChI is InChI=1S/C19H24N2O5S/c1-14-13-18(9-10-19(14)26-4)27(23,24)20-11-12-21(15(2)22)16-5-7-17(25-3)8-6-16/h5-10,13,20H,11-12H2,1-4H3. The highest BCUT2D eigenvalue weighted by Crippen LogP contribution is 2.22. The summed E-state index contributed by atoms with van der Waals surface area (Å²) >= 11 is 0. The molecule has 0 saturated heterocycles. The van der Waals surface area contributed by atoms with Crippen LogP contribution in [0.25, 0.3) is 0 Å². The second-order valence-corrected chi connectivity index (χ2v) is 7.66. The Kier molecular flexibility index (Phi) is 6.81. The van der Waals surface area contributed by atoms with Crippen LogP contribution in [0.5, 0.6) is 11.5 Å². The molecule has 0 bridgehead atoms. The highest BCUT2D eigenvalue weighted by molar-refractivity contribution is 7.89. The van der Waals surface area contributed by atoms with E-state index in [-0.39, 0.29) is 23.9 Å². The van der Waals surface area contributed by atoms with Gasteiger partial charge >= 0.3 is 0 Å². The quantitative estimate of drug-likeness (QED) is 0.745. The fourth-order valence-electron chi connectivity index (χ4n) is 2.62. The number of anilines is 1. The summed E-state index contributed by atoms with van der Waals surface area (Å²) in [6.07, 6.45) is 0. The molecule has 27 heavy (non-hydrogen) atoms. The normalized spacial score (nSPS) is 11.1. The highest BCUT2D eigenvalue weighted by Gasteiger charge is 2.17. The molecule has 0 aliphatic carbocycles. The fraction of sp³-hybridized carbons (Fsp3) is 0.316. The van der Waals surface area contributed by atoms with Gasteiger partial charge in [-0.05, 0) is 55.0 Å². The lowest BCUT2D eigenvalue weighted by molar-refractivity contribution is -0.116. The number of amides is 1. The third-order valence-electron chi connectivity index (χ3n) is 4.07. The highest BCUT2D eigenvalue weighted by atomic mass is 32.2. The van der Waals surface area contributed by atoms with Crippen LogP contribution in [0.1, 0.15) is 12.5 Å². The van der Waals surface area contributed by atoms with E-state index < -0.39 is 10.0 Å². The van der Waals surface area contributed by atoms with Gasteiger partial charge in [-0.1, -0.05) is 0 Å². The lowest BCUT2D eigenvalue weighted by Gasteiger charge is -2.21. The number of benzene rings is 2. The van der Waals surface area contributed by atoms with Crippen molar-refractivity contribution in [2.45, 2.75) is 18.7 Å². The van der Waals surface area contributed by atoms with Gasteiger partial charge in [0.15, 0.2) is 0 Å². The van der Waals surface area contributed by atoms with E-state index in [0.29, 0.717) is 17.2 Å². The lowest BCUT2D eigenvalue weighted by atomic mass is 10.2. The number of carbonyl (C=O) groups excluding carboxylic acids is 1. The molecule has 0 fully saturated rings. The van der Waals surface area contributed by atoms with Crippen LogP contribution in [-0.4, -0.2) is 41.6 Å². The largest absolute Gasteiger partial charge is 0.497 e. The summed E-state index contributed by atoms with van der Waals surface area (Å²) in [6.45, 7) is 3.50. The summed E-state index contributed by atoms with van der Waals surface area (Å²) in [5, 5.41) is 0. The minimum atomic E-state index is -3.69. The lowest BCUT2D eigenvalue weighted by Crippen LogP contribution is -2.37. The maximum absolute atomic E-state index is 12.5. The Morgan fingerprint density at radius 1 is 1.07 bits per heavy atom. The van der Waals surface area contributed by atoms with Crippen LogP contribution < -0.4 is 19.1 Å². The van der Waals surface area contributed by atoms with Crippen molar-refractivity contribution in [3.63, 3.8) is 0 Å². The van der Waals surface area contributed by atoms with Crippen LogP contribution in [0.4, 0.5) is 5.69 Å². The van der Waals surface area contributed by atoms with Gasteiger partial charge in [-0.25, -0.2) is 13.1 Å². The molecule has 0 aliphatic heterocycles. The summed E-state index contributed by atoms with van der Waals surface area (Å²) in [6, 6.07) is 11.6. The van der Waals surface area contributed by atoms with Crippen molar-refractivity contribution >= 4 is 21.6 Å². The van der Waals surface area contributed by atoms with Crippen molar-refractivity contribution in [3.8, 4) is 11.5 Å². The van der Waals surface area contributed by atoms with Crippen molar-refractivity contribution in [1.82, 2.24) is 4.72 Å². The van der Waals surface area contributed by atoms with Crippen LogP contribution in [-0.2, 0) is 14.8 Å². The zero-order chi connectivity index (χ0) is 20.0. The number of nitrogens with zero attached hydrogens (tertiary/aromatic N) is 1. The van der Waals surface area contributed by atoms with Crippen LogP contribution in [0.3, 0.4) is 0 Å². The monoisotopic (exact) mass is 392 g/mol. The minimum absolute atomic E-state index is 0.0824. The smallest absolute Gasteiger partial charge is 0.240 e. The Hall–Kier alpha value is -2.58. The molecule has 8 heteroatoms. The number of hydrogen-bond donors (Lipinski definition) is 1. The number of rotatable bonds is 8. The van der Waals surface area contributed by atoms with Gasteiger partial charge in [0, 0.05) is 25.7 Å². The third kappa shape index (κ3) is 5.21. The molecule has 0 aliphatic rings. The van der Waals surface area contributed by atoms with Gasteiger partial charge in [0.1, 0.15) is 11.5 Å². The van der Waals surface area contributed by atoms with E-state index in [4.69, 9.17) is 9.47 Å². The topological polar surface area (TPSA) is 84.9 Å².